The van der Waals surface area contributed by atoms with Crippen molar-refractivity contribution in [1.29, 1.82) is 5.26 Å². The minimum Gasteiger partial charge on any atom is -0.369 e. The van der Waals surface area contributed by atoms with Gasteiger partial charge in [-0.05, 0) is 0 Å². The van der Waals surface area contributed by atoms with Crippen LogP contribution in [0.3, 0.4) is 0 Å². The van der Waals surface area contributed by atoms with Gasteiger partial charge in [-0.2, -0.15) is 5.26 Å². The molecular weight excluding hydrogens is 172 g/mol. The molecule has 0 atom stereocenters. The Bertz CT molecular complexity index is 221. The maximum atomic E-state index is 10.9. The van der Waals surface area contributed by atoms with Crippen molar-refractivity contribution in [3.05, 3.63) is 0 Å². The van der Waals surface area contributed by atoms with E-state index in [4.69, 9.17) is 11.0 Å². The molecule has 0 saturated heterocycles. The van der Waals surface area contributed by atoms with Gasteiger partial charge in [0.15, 0.2) is 0 Å². The van der Waals surface area contributed by atoms with E-state index in [-0.39, 0.29) is 25.4 Å². The lowest BCUT2D eigenvalue weighted by Gasteiger charge is -2.02. The zero-order valence-electron chi connectivity index (χ0n) is 7.17. The second-order valence-corrected chi connectivity index (χ2v) is 2.33. The maximum absolute atomic E-state index is 10.9. The van der Waals surface area contributed by atoms with Gasteiger partial charge in [-0.3, -0.25) is 14.9 Å². The summed E-state index contributed by atoms with van der Waals surface area (Å²) in [6.07, 6.45) is 0.279. The van der Waals surface area contributed by atoms with E-state index in [0.717, 1.165) is 0 Å². The second-order valence-electron chi connectivity index (χ2n) is 2.33. The molecule has 0 heterocycles. The van der Waals surface area contributed by atoms with Gasteiger partial charge < -0.3 is 11.1 Å². The molecule has 13 heavy (non-hydrogen) atoms. The molecule has 0 aromatic heterocycles. The average Bonchev–Trinajstić information content (AvgIpc) is 2.04. The van der Waals surface area contributed by atoms with E-state index in [9.17, 15) is 9.59 Å². The number of amides is 2. The molecule has 0 fully saturated rings. The lowest BCUT2D eigenvalue weighted by atomic mass is 10.4. The molecule has 0 aliphatic carbocycles. The Labute approximate surface area is 76.1 Å². The first kappa shape index (κ1) is 11.4. The zero-order chi connectivity index (χ0) is 10.1. The van der Waals surface area contributed by atoms with E-state index in [2.05, 4.69) is 10.6 Å². The summed E-state index contributed by atoms with van der Waals surface area (Å²) in [6.45, 7) is 0.341. The van der Waals surface area contributed by atoms with E-state index in [1.165, 1.54) is 0 Å². The van der Waals surface area contributed by atoms with Gasteiger partial charge in [0.2, 0.25) is 11.8 Å². The molecule has 0 bridgehead atoms. The van der Waals surface area contributed by atoms with Crippen molar-refractivity contribution in [3.63, 3.8) is 0 Å². The zero-order valence-corrected chi connectivity index (χ0v) is 7.17. The number of nitrogens with two attached hydrogens (primary N) is 1. The monoisotopic (exact) mass is 184 g/mol. The Morgan fingerprint density at radius 2 is 2.08 bits per heavy atom. The first-order valence-corrected chi connectivity index (χ1v) is 3.79. The number of carbonyl (C=O) groups excluding carboxylic acids is 2. The number of hydrogen-bond donors (Lipinski definition) is 3. The van der Waals surface area contributed by atoms with Crippen LogP contribution in [0.2, 0.25) is 0 Å². The number of rotatable bonds is 6. The number of hydrogen-bond acceptors (Lipinski definition) is 4. The summed E-state index contributed by atoms with van der Waals surface area (Å²) >= 11 is 0. The standard InChI is InChI=1S/C7H12N4O2/c8-2-1-3-11-7(13)5-10-4-6(9)12/h10H,1,3-5H2,(H2,9,12)(H,11,13). The van der Waals surface area contributed by atoms with Gasteiger partial charge >= 0.3 is 0 Å². The Hall–Kier alpha value is -1.61. The lowest BCUT2D eigenvalue weighted by Crippen LogP contribution is -2.38. The number of nitrogens with one attached hydrogen (secondary N) is 2. The largest absolute Gasteiger partial charge is 0.369 e. The molecule has 0 radical (unpaired) electrons. The van der Waals surface area contributed by atoms with Crippen LogP contribution in [0.4, 0.5) is 0 Å². The van der Waals surface area contributed by atoms with Gasteiger partial charge in [0.1, 0.15) is 0 Å². The van der Waals surface area contributed by atoms with Gasteiger partial charge in [0.25, 0.3) is 0 Å². The van der Waals surface area contributed by atoms with E-state index in [1.807, 2.05) is 6.07 Å². The van der Waals surface area contributed by atoms with Crippen molar-refractivity contribution < 1.29 is 9.59 Å². The van der Waals surface area contributed by atoms with Gasteiger partial charge in [-0.1, -0.05) is 0 Å². The summed E-state index contributed by atoms with van der Waals surface area (Å²) in [5.41, 5.74) is 4.82. The normalized spacial score (nSPS) is 8.85. The molecule has 0 unspecified atom stereocenters. The van der Waals surface area contributed by atoms with E-state index < -0.39 is 5.91 Å². The van der Waals surface area contributed by atoms with Gasteiger partial charge in [0, 0.05) is 6.54 Å². The minimum absolute atomic E-state index is 0.0222. The van der Waals surface area contributed by atoms with Crippen LogP contribution in [-0.2, 0) is 9.59 Å². The van der Waals surface area contributed by atoms with Crippen LogP contribution in [0.1, 0.15) is 6.42 Å². The van der Waals surface area contributed by atoms with E-state index in [0.29, 0.717) is 6.54 Å². The molecule has 0 aromatic carbocycles. The third-order valence-corrected chi connectivity index (χ3v) is 1.14. The molecule has 0 rings (SSSR count). The summed E-state index contributed by atoms with van der Waals surface area (Å²) < 4.78 is 0. The van der Waals surface area contributed by atoms with E-state index in [1.54, 1.807) is 0 Å². The molecule has 6 heteroatoms. The third-order valence-electron chi connectivity index (χ3n) is 1.14. The Kier molecular flexibility index (Phi) is 6.19. The van der Waals surface area contributed by atoms with Crippen molar-refractivity contribution in [2.45, 2.75) is 6.42 Å². The summed E-state index contributed by atoms with van der Waals surface area (Å²) in [4.78, 5) is 21.1. The van der Waals surface area contributed by atoms with Crippen LogP contribution in [0.15, 0.2) is 0 Å². The highest BCUT2D eigenvalue weighted by Crippen LogP contribution is 1.70. The summed E-state index contributed by atoms with van der Waals surface area (Å²) in [5, 5.41) is 13.2. The van der Waals surface area contributed by atoms with Crippen molar-refractivity contribution in [2.75, 3.05) is 19.6 Å². The maximum Gasteiger partial charge on any atom is 0.234 e. The molecule has 6 nitrogen and oxygen atoms in total. The predicted octanol–water partition coefficient (Wildman–Crippen LogP) is -1.91. The molecule has 2 amide bonds. The number of nitriles is 1. The highest BCUT2D eigenvalue weighted by Gasteiger charge is 1.99. The van der Waals surface area contributed by atoms with Crippen molar-refractivity contribution in [3.8, 4) is 6.07 Å². The average molecular weight is 184 g/mol. The van der Waals surface area contributed by atoms with Crippen molar-refractivity contribution >= 4 is 11.8 Å². The fraction of sp³-hybridized carbons (Fsp3) is 0.571. The Morgan fingerprint density at radius 1 is 1.38 bits per heavy atom. The molecule has 72 valence electrons. The van der Waals surface area contributed by atoms with Gasteiger partial charge in [-0.15, -0.1) is 0 Å². The molecule has 0 aliphatic heterocycles. The van der Waals surface area contributed by atoms with Crippen molar-refractivity contribution in [1.82, 2.24) is 10.6 Å². The Balaban J connectivity index is 3.31. The van der Waals surface area contributed by atoms with Gasteiger partial charge in [-0.25, -0.2) is 0 Å². The molecule has 0 aliphatic rings. The summed E-state index contributed by atoms with van der Waals surface area (Å²) in [7, 11) is 0. The highest BCUT2D eigenvalue weighted by molar-refractivity contribution is 5.80. The summed E-state index contributed by atoms with van der Waals surface area (Å²) in [6, 6.07) is 1.89. The molecule has 0 aromatic rings. The second kappa shape index (κ2) is 7.06. The molecule has 0 saturated carbocycles. The minimum atomic E-state index is -0.509. The fourth-order valence-electron chi connectivity index (χ4n) is 0.620. The molecule has 0 spiro atoms. The summed E-state index contributed by atoms with van der Waals surface area (Å²) in [5.74, 6) is -0.763. The van der Waals surface area contributed by atoms with Gasteiger partial charge in [0.05, 0.1) is 25.6 Å². The van der Waals surface area contributed by atoms with Crippen LogP contribution in [0.5, 0.6) is 0 Å². The number of primary amides is 1. The lowest BCUT2D eigenvalue weighted by molar-refractivity contribution is -0.120. The fourth-order valence-corrected chi connectivity index (χ4v) is 0.620. The molecular formula is C7H12N4O2. The first-order chi connectivity index (χ1) is 6.16. The van der Waals surface area contributed by atoms with Crippen molar-refractivity contribution in [2.24, 2.45) is 5.73 Å². The van der Waals surface area contributed by atoms with Crippen LogP contribution in [-0.4, -0.2) is 31.4 Å². The predicted molar refractivity (Wildman–Crippen MR) is 45.3 cm³/mol. The molecule has 4 N–H and O–H groups in total. The van der Waals surface area contributed by atoms with Crippen LogP contribution < -0.4 is 16.4 Å². The number of carbonyl (C=O) groups is 2. The van der Waals surface area contributed by atoms with Crippen LogP contribution in [0.25, 0.3) is 0 Å². The van der Waals surface area contributed by atoms with Crippen LogP contribution >= 0.6 is 0 Å². The Morgan fingerprint density at radius 3 is 2.62 bits per heavy atom. The van der Waals surface area contributed by atoms with Crippen LogP contribution in [0, 0.1) is 11.3 Å². The topological polar surface area (TPSA) is 108 Å². The highest BCUT2D eigenvalue weighted by atomic mass is 16.2. The SMILES string of the molecule is N#CCCNC(=O)CNCC(N)=O. The quantitative estimate of drug-likeness (QED) is 0.418. The third kappa shape index (κ3) is 8.29. The first-order valence-electron chi connectivity index (χ1n) is 3.79. The van der Waals surface area contributed by atoms with E-state index >= 15 is 0 Å². The smallest absolute Gasteiger partial charge is 0.234 e. The number of nitrogens with zero attached hydrogens (tertiary/aromatic N) is 1.